The van der Waals surface area contributed by atoms with E-state index < -0.39 is 0 Å². The molecule has 0 radical (unpaired) electrons. The second-order valence-electron chi connectivity index (χ2n) is 7.47. The number of carbonyl (C=O) groups excluding carboxylic acids is 1. The molecule has 2 aliphatic heterocycles. The zero-order valence-corrected chi connectivity index (χ0v) is 16.6. The lowest BCUT2D eigenvalue weighted by atomic mass is 10.2. The molecule has 152 valence electrons. The van der Waals surface area contributed by atoms with Crippen molar-refractivity contribution >= 4 is 23.1 Å². The highest BCUT2D eigenvalue weighted by atomic mass is 16.1. The van der Waals surface area contributed by atoms with E-state index in [0.29, 0.717) is 11.4 Å². The fourth-order valence-electron chi connectivity index (χ4n) is 3.96. The third-order valence-corrected chi connectivity index (χ3v) is 5.52. The van der Waals surface area contributed by atoms with Crippen molar-refractivity contribution < 1.29 is 4.79 Å². The topological polar surface area (TPSA) is 86.3 Å². The normalized spacial score (nSPS) is 15.7. The molecule has 8 nitrogen and oxygen atoms in total. The largest absolute Gasteiger partial charge is 0.367 e. The van der Waals surface area contributed by atoms with Gasteiger partial charge in [0.25, 0.3) is 5.91 Å². The zero-order chi connectivity index (χ0) is 20.3. The van der Waals surface area contributed by atoms with Gasteiger partial charge in [0.15, 0.2) is 0 Å². The third kappa shape index (κ3) is 3.69. The Morgan fingerprint density at radius 2 is 1.73 bits per heavy atom. The number of fused-ring (bicyclic) bond motifs is 1. The molecule has 0 atom stereocenters. The monoisotopic (exact) mass is 401 g/mol. The molecule has 0 aromatic carbocycles. The maximum Gasteiger partial charge on any atom is 0.274 e. The molecular formula is C22H23N7O. The van der Waals surface area contributed by atoms with Crippen molar-refractivity contribution in [3.05, 3.63) is 71.9 Å². The van der Waals surface area contributed by atoms with Gasteiger partial charge in [-0.2, -0.15) is 0 Å². The SMILES string of the molecule is O=C(Nc1cnccc1N1CCNCC1)c1cccc(N2Cc3ccncc3C2)n1. The van der Waals surface area contributed by atoms with Gasteiger partial charge in [0.05, 0.1) is 17.6 Å². The molecule has 2 N–H and O–H groups in total. The van der Waals surface area contributed by atoms with E-state index in [4.69, 9.17) is 0 Å². The highest BCUT2D eigenvalue weighted by molar-refractivity contribution is 6.04. The zero-order valence-electron chi connectivity index (χ0n) is 16.6. The minimum absolute atomic E-state index is 0.236. The molecule has 1 fully saturated rings. The molecule has 3 aromatic rings. The first-order chi connectivity index (χ1) is 14.8. The summed E-state index contributed by atoms with van der Waals surface area (Å²) < 4.78 is 0. The van der Waals surface area contributed by atoms with Crippen LogP contribution in [0, 0.1) is 0 Å². The summed E-state index contributed by atoms with van der Waals surface area (Å²) in [6.45, 7) is 5.15. The number of hydrogen-bond donors (Lipinski definition) is 2. The minimum Gasteiger partial charge on any atom is -0.367 e. The van der Waals surface area contributed by atoms with Gasteiger partial charge in [0.1, 0.15) is 11.5 Å². The van der Waals surface area contributed by atoms with Crippen molar-refractivity contribution in [2.75, 3.05) is 41.3 Å². The Labute approximate surface area is 175 Å². The Morgan fingerprint density at radius 3 is 2.60 bits per heavy atom. The molecule has 1 saturated heterocycles. The van der Waals surface area contributed by atoms with Gasteiger partial charge in [-0.25, -0.2) is 4.98 Å². The van der Waals surface area contributed by atoms with Crippen LogP contribution < -0.4 is 20.4 Å². The quantitative estimate of drug-likeness (QED) is 0.692. The van der Waals surface area contributed by atoms with Crippen molar-refractivity contribution in [2.24, 2.45) is 0 Å². The van der Waals surface area contributed by atoms with E-state index in [0.717, 1.165) is 50.8 Å². The summed E-state index contributed by atoms with van der Waals surface area (Å²) in [5.74, 6) is 0.548. The lowest BCUT2D eigenvalue weighted by Gasteiger charge is -2.30. The van der Waals surface area contributed by atoms with Crippen LogP contribution in [0.4, 0.5) is 17.2 Å². The standard InChI is InChI=1S/C22H23N7O/c30-22(27-19-13-25-7-5-20(19)28-10-8-23-9-11-28)18-2-1-3-21(26-18)29-14-16-4-6-24-12-17(16)15-29/h1-7,12-13,23H,8-11,14-15H2,(H,27,30). The summed E-state index contributed by atoms with van der Waals surface area (Å²) in [5, 5.41) is 6.35. The maximum absolute atomic E-state index is 13.0. The Morgan fingerprint density at radius 1 is 0.933 bits per heavy atom. The van der Waals surface area contributed by atoms with Crippen molar-refractivity contribution in [1.82, 2.24) is 20.3 Å². The molecular weight excluding hydrogens is 378 g/mol. The number of aromatic nitrogens is 3. The predicted molar refractivity (Wildman–Crippen MR) is 116 cm³/mol. The average molecular weight is 401 g/mol. The molecule has 0 spiro atoms. The molecule has 5 heterocycles. The van der Waals surface area contributed by atoms with Crippen LogP contribution in [0.5, 0.6) is 0 Å². The number of anilines is 3. The summed E-state index contributed by atoms with van der Waals surface area (Å²) in [7, 11) is 0. The lowest BCUT2D eigenvalue weighted by molar-refractivity contribution is 0.102. The van der Waals surface area contributed by atoms with Crippen LogP contribution >= 0.6 is 0 Å². The molecule has 1 amide bonds. The van der Waals surface area contributed by atoms with Crippen LogP contribution in [0.2, 0.25) is 0 Å². The number of nitrogens with zero attached hydrogens (tertiary/aromatic N) is 5. The van der Waals surface area contributed by atoms with Crippen LogP contribution in [-0.4, -0.2) is 47.0 Å². The van der Waals surface area contributed by atoms with E-state index >= 15 is 0 Å². The number of pyridine rings is 3. The van der Waals surface area contributed by atoms with Crippen LogP contribution in [-0.2, 0) is 13.1 Å². The van der Waals surface area contributed by atoms with Crippen LogP contribution in [0.3, 0.4) is 0 Å². The molecule has 30 heavy (non-hydrogen) atoms. The first kappa shape index (κ1) is 18.5. The van der Waals surface area contributed by atoms with Crippen molar-refractivity contribution in [2.45, 2.75) is 13.1 Å². The number of rotatable bonds is 4. The van der Waals surface area contributed by atoms with Gasteiger partial charge in [-0.15, -0.1) is 0 Å². The Hall–Kier alpha value is -3.52. The van der Waals surface area contributed by atoms with Gasteiger partial charge >= 0.3 is 0 Å². The fourth-order valence-corrected chi connectivity index (χ4v) is 3.96. The van der Waals surface area contributed by atoms with Crippen LogP contribution in [0.15, 0.2) is 55.1 Å². The predicted octanol–water partition coefficient (Wildman–Crippen LogP) is 2.05. The average Bonchev–Trinajstić information content (AvgIpc) is 3.25. The Balaban J connectivity index is 1.34. The van der Waals surface area contributed by atoms with Crippen molar-refractivity contribution in [3.63, 3.8) is 0 Å². The Bertz CT molecular complexity index is 1040. The van der Waals surface area contributed by atoms with E-state index in [1.54, 1.807) is 18.5 Å². The van der Waals surface area contributed by atoms with Crippen molar-refractivity contribution in [1.29, 1.82) is 0 Å². The van der Waals surface area contributed by atoms with E-state index in [2.05, 4.69) is 35.4 Å². The van der Waals surface area contributed by atoms with E-state index in [1.165, 1.54) is 11.1 Å². The summed E-state index contributed by atoms with van der Waals surface area (Å²) >= 11 is 0. The molecule has 8 heteroatoms. The van der Waals surface area contributed by atoms with E-state index in [9.17, 15) is 4.79 Å². The summed E-state index contributed by atoms with van der Waals surface area (Å²) in [5.41, 5.74) is 4.52. The number of amides is 1. The summed E-state index contributed by atoms with van der Waals surface area (Å²) in [6.07, 6.45) is 7.16. The van der Waals surface area contributed by atoms with Gasteiger partial charge in [-0.05, 0) is 35.4 Å². The van der Waals surface area contributed by atoms with E-state index in [1.807, 2.05) is 36.7 Å². The van der Waals surface area contributed by atoms with Gasteiger partial charge < -0.3 is 20.4 Å². The fraction of sp³-hybridized carbons (Fsp3) is 0.273. The second kappa shape index (κ2) is 8.08. The van der Waals surface area contributed by atoms with Gasteiger partial charge in [0.2, 0.25) is 0 Å². The van der Waals surface area contributed by atoms with Crippen molar-refractivity contribution in [3.8, 4) is 0 Å². The summed E-state index contributed by atoms with van der Waals surface area (Å²) in [6, 6.07) is 9.53. The maximum atomic E-state index is 13.0. The van der Waals surface area contributed by atoms with Gasteiger partial charge in [-0.1, -0.05) is 6.07 Å². The van der Waals surface area contributed by atoms with Crippen LogP contribution in [0.1, 0.15) is 21.6 Å². The molecule has 3 aromatic heterocycles. The molecule has 0 bridgehead atoms. The smallest absolute Gasteiger partial charge is 0.274 e. The lowest BCUT2D eigenvalue weighted by Crippen LogP contribution is -2.43. The van der Waals surface area contributed by atoms with Gasteiger partial charge in [-0.3, -0.25) is 14.8 Å². The number of carbonyl (C=O) groups is 1. The second-order valence-corrected chi connectivity index (χ2v) is 7.47. The highest BCUT2D eigenvalue weighted by Crippen LogP contribution is 2.27. The molecule has 0 aliphatic carbocycles. The first-order valence-electron chi connectivity index (χ1n) is 10.1. The number of piperazine rings is 1. The first-order valence-corrected chi connectivity index (χ1v) is 10.1. The highest BCUT2D eigenvalue weighted by Gasteiger charge is 2.21. The molecule has 0 saturated carbocycles. The van der Waals surface area contributed by atoms with E-state index in [-0.39, 0.29) is 5.91 Å². The minimum atomic E-state index is -0.236. The summed E-state index contributed by atoms with van der Waals surface area (Å²) in [4.78, 5) is 30.4. The van der Waals surface area contributed by atoms with Gasteiger partial charge in [0, 0.05) is 57.9 Å². The third-order valence-electron chi connectivity index (χ3n) is 5.52. The Kier molecular flexibility index (Phi) is 4.98. The molecule has 5 rings (SSSR count). The van der Waals surface area contributed by atoms with Crippen LogP contribution in [0.25, 0.3) is 0 Å². The molecule has 2 aliphatic rings. The molecule has 0 unspecified atom stereocenters. The number of hydrogen-bond acceptors (Lipinski definition) is 7. The number of nitrogens with one attached hydrogen (secondary N) is 2.